The third kappa shape index (κ3) is 6.27. The van der Waals surface area contributed by atoms with E-state index in [4.69, 9.17) is 0 Å². The second-order valence-corrected chi connectivity index (χ2v) is 4.65. The molecule has 3 amide bonds. The van der Waals surface area contributed by atoms with E-state index in [0.717, 1.165) is 0 Å². The van der Waals surface area contributed by atoms with Gasteiger partial charge in [0.25, 0.3) is 0 Å². The number of nitrogens with one attached hydrogen (secondary N) is 2. The van der Waals surface area contributed by atoms with Crippen LogP contribution in [-0.2, 0) is 4.79 Å². The van der Waals surface area contributed by atoms with Gasteiger partial charge >= 0.3 is 6.03 Å². The Labute approximate surface area is 97.6 Å². The zero-order valence-electron chi connectivity index (χ0n) is 10.9. The van der Waals surface area contributed by atoms with Crippen LogP contribution in [-0.4, -0.2) is 42.0 Å². The van der Waals surface area contributed by atoms with E-state index in [-0.39, 0.29) is 24.0 Å². The van der Waals surface area contributed by atoms with Crippen molar-refractivity contribution < 1.29 is 9.59 Å². The molecule has 0 atom stereocenters. The number of carbonyl (C=O) groups is 2. The smallest absolute Gasteiger partial charge is 0.318 e. The summed E-state index contributed by atoms with van der Waals surface area (Å²) in [6.07, 6.45) is 0. The second-order valence-electron chi connectivity index (χ2n) is 4.65. The Morgan fingerprint density at radius 2 is 1.75 bits per heavy atom. The van der Waals surface area contributed by atoms with Gasteiger partial charge in [-0.15, -0.1) is 0 Å². The minimum atomic E-state index is -0.286. The fraction of sp³-hybridized carbons (Fsp3) is 0.818. The lowest BCUT2D eigenvalue weighted by molar-refractivity contribution is -0.121. The minimum absolute atomic E-state index is 0.103. The number of hydrogen-bond acceptors (Lipinski definition) is 2. The monoisotopic (exact) mass is 229 g/mol. The summed E-state index contributed by atoms with van der Waals surface area (Å²) in [5.41, 5.74) is -0.286. The van der Waals surface area contributed by atoms with E-state index in [1.807, 2.05) is 34.6 Å². The normalized spacial score (nSPS) is 10.8. The lowest BCUT2D eigenvalue weighted by atomic mass is 10.1. The highest BCUT2D eigenvalue weighted by molar-refractivity contribution is 5.84. The number of hydrogen-bond donors (Lipinski definition) is 2. The highest BCUT2D eigenvalue weighted by atomic mass is 16.2. The van der Waals surface area contributed by atoms with E-state index in [1.54, 1.807) is 0 Å². The van der Waals surface area contributed by atoms with Crippen molar-refractivity contribution in [3.8, 4) is 0 Å². The van der Waals surface area contributed by atoms with E-state index in [9.17, 15) is 9.59 Å². The van der Waals surface area contributed by atoms with Gasteiger partial charge in [-0.25, -0.2) is 4.79 Å². The average Bonchev–Trinajstić information content (AvgIpc) is 2.11. The fourth-order valence-corrected chi connectivity index (χ4v) is 1.15. The third-order valence-corrected chi connectivity index (χ3v) is 1.86. The topological polar surface area (TPSA) is 61.4 Å². The molecule has 0 saturated carbocycles. The van der Waals surface area contributed by atoms with Crippen molar-refractivity contribution >= 4 is 11.9 Å². The summed E-state index contributed by atoms with van der Waals surface area (Å²) < 4.78 is 0. The third-order valence-electron chi connectivity index (χ3n) is 1.86. The number of nitrogens with zero attached hydrogens (tertiary/aromatic N) is 1. The van der Waals surface area contributed by atoms with Crippen LogP contribution in [0.15, 0.2) is 0 Å². The summed E-state index contributed by atoms with van der Waals surface area (Å²) in [6, 6.07) is -0.207. The van der Waals surface area contributed by atoms with Crippen LogP contribution in [0.4, 0.5) is 4.79 Å². The Morgan fingerprint density at radius 3 is 2.12 bits per heavy atom. The van der Waals surface area contributed by atoms with Gasteiger partial charge in [-0.2, -0.15) is 0 Å². The van der Waals surface area contributed by atoms with E-state index in [0.29, 0.717) is 13.1 Å². The molecule has 2 N–H and O–H groups in total. The van der Waals surface area contributed by atoms with Crippen LogP contribution < -0.4 is 10.6 Å². The number of urea groups is 1. The van der Waals surface area contributed by atoms with Crippen molar-refractivity contribution in [3.63, 3.8) is 0 Å². The first kappa shape index (κ1) is 14.7. The maximum Gasteiger partial charge on any atom is 0.318 e. The summed E-state index contributed by atoms with van der Waals surface area (Å²) in [6.45, 7) is 10.6. The van der Waals surface area contributed by atoms with Gasteiger partial charge in [-0.05, 0) is 34.6 Å². The van der Waals surface area contributed by atoms with Crippen LogP contribution >= 0.6 is 0 Å². The van der Waals surface area contributed by atoms with E-state index >= 15 is 0 Å². The van der Waals surface area contributed by atoms with Crippen molar-refractivity contribution in [3.05, 3.63) is 0 Å². The first-order chi connectivity index (χ1) is 7.30. The zero-order valence-corrected chi connectivity index (χ0v) is 10.9. The summed E-state index contributed by atoms with van der Waals surface area (Å²) in [5, 5.41) is 5.49. The molecular weight excluding hydrogens is 206 g/mol. The van der Waals surface area contributed by atoms with Gasteiger partial charge in [-0.1, -0.05) is 0 Å². The van der Waals surface area contributed by atoms with Gasteiger partial charge < -0.3 is 15.5 Å². The lowest BCUT2D eigenvalue weighted by Crippen LogP contribution is -2.51. The van der Waals surface area contributed by atoms with Gasteiger partial charge in [0.15, 0.2) is 0 Å². The Balaban J connectivity index is 4.27. The molecule has 94 valence electrons. The first-order valence-electron chi connectivity index (χ1n) is 5.64. The van der Waals surface area contributed by atoms with Crippen molar-refractivity contribution in [2.75, 3.05) is 19.6 Å². The van der Waals surface area contributed by atoms with E-state index in [2.05, 4.69) is 10.6 Å². The van der Waals surface area contributed by atoms with Gasteiger partial charge in [0.05, 0.1) is 0 Å². The van der Waals surface area contributed by atoms with Crippen LogP contribution in [0.1, 0.15) is 34.6 Å². The number of likely N-dealkylation sites (N-methyl/N-ethyl adjacent to an activating group) is 2. The Kier molecular flexibility index (Phi) is 5.85. The molecule has 0 aromatic heterocycles. The SMILES string of the molecule is CCNC(=O)CN(CC)C(=O)NC(C)(C)C. The van der Waals surface area contributed by atoms with Crippen LogP contribution in [0.3, 0.4) is 0 Å². The minimum Gasteiger partial charge on any atom is -0.355 e. The van der Waals surface area contributed by atoms with Gasteiger partial charge in [-0.3, -0.25) is 4.79 Å². The van der Waals surface area contributed by atoms with Crippen LogP contribution in [0.5, 0.6) is 0 Å². The molecule has 0 spiro atoms. The molecule has 0 aliphatic heterocycles. The number of amides is 3. The molecule has 5 nitrogen and oxygen atoms in total. The Hall–Kier alpha value is -1.26. The molecule has 0 radical (unpaired) electrons. The predicted molar refractivity (Wildman–Crippen MR) is 64.2 cm³/mol. The fourth-order valence-electron chi connectivity index (χ4n) is 1.15. The molecular formula is C11H23N3O2. The van der Waals surface area contributed by atoms with E-state index in [1.165, 1.54) is 4.90 Å². The molecule has 0 aliphatic carbocycles. The molecule has 16 heavy (non-hydrogen) atoms. The molecule has 5 heteroatoms. The van der Waals surface area contributed by atoms with E-state index < -0.39 is 0 Å². The predicted octanol–water partition coefficient (Wildman–Crippen LogP) is 0.952. The lowest BCUT2D eigenvalue weighted by Gasteiger charge is -2.27. The van der Waals surface area contributed by atoms with Crippen molar-refractivity contribution in [1.29, 1.82) is 0 Å². The molecule has 0 saturated heterocycles. The summed E-state index contributed by atoms with van der Waals surface area (Å²) in [5.74, 6) is -0.131. The van der Waals surface area contributed by atoms with Crippen LogP contribution in [0.25, 0.3) is 0 Å². The molecule has 0 bridgehead atoms. The number of carbonyl (C=O) groups excluding carboxylic acids is 2. The molecule has 0 aliphatic rings. The molecule has 0 aromatic rings. The summed E-state index contributed by atoms with van der Waals surface area (Å²) in [4.78, 5) is 24.6. The standard InChI is InChI=1S/C11H23N3O2/c1-6-12-9(15)8-14(7-2)10(16)13-11(3,4)5/h6-8H2,1-5H3,(H,12,15)(H,13,16). The second kappa shape index (κ2) is 6.35. The number of rotatable bonds is 4. The van der Waals surface area contributed by atoms with Crippen LogP contribution in [0.2, 0.25) is 0 Å². The van der Waals surface area contributed by atoms with Gasteiger partial charge in [0, 0.05) is 18.6 Å². The molecule has 0 unspecified atom stereocenters. The maximum absolute atomic E-state index is 11.8. The highest BCUT2D eigenvalue weighted by Crippen LogP contribution is 2.00. The quantitative estimate of drug-likeness (QED) is 0.754. The highest BCUT2D eigenvalue weighted by Gasteiger charge is 2.19. The Bertz CT molecular complexity index is 246. The van der Waals surface area contributed by atoms with Gasteiger partial charge in [0.2, 0.25) is 5.91 Å². The van der Waals surface area contributed by atoms with Crippen molar-refractivity contribution in [2.24, 2.45) is 0 Å². The molecule has 0 heterocycles. The average molecular weight is 229 g/mol. The largest absolute Gasteiger partial charge is 0.355 e. The summed E-state index contributed by atoms with van der Waals surface area (Å²) in [7, 11) is 0. The molecule has 0 fully saturated rings. The van der Waals surface area contributed by atoms with Gasteiger partial charge in [0.1, 0.15) is 6.54 Å². The molecule has 0 rings (SSSR count). The summed E-state index contributed by atoms with van der Waals surface area (Å²) >= 11 is 0. The van der Waals surface area contributed by atoms with Crippen molar-refractivity contribution in [1.82, 2.24) is 15.5 Å². The Morgan fingerprint density at radius 1 is 1.19 bits per heavy atom. The van der Waals surface area contributed by atoms with Crippen LogP contribution in [0, 0.1) is 0 Å². The first-order valence-corrected chi connectivity index (χ1v) is 5.64. The molecule has 0 aromatic carbocycles. The maximum atomic E-state index is 11.8. The van der Waals surface area contributed by atoms with Crippen molar-refractivity contribution in [2.45, 2.75) is 40.2 Å². The zero-order chi connectivity index (χ0) is 12.8.